The van der Waals surface area contributed by atoms with Crippen LogP contribution in [-0.4, -0.2) is 15.7 Å². The molecule has 1 fully saturated rings. The predicted octanol–water partition coefficient (Wildman–Crippen LogP) is 4.92. The first-order chi connectivity index (χ1) is 13.9. The number of aromatic nitrogens is 2. The van der Waals surface area contributed by atoms with Crippen LogP contribution < -0.4 is 4.90 Å². The van der Waals surface area contributed by atoms with E-state index in [1.807, 2.05) is 20.0 Å². The normalized spacial score (nSPS) is 12.9. The van der Waals surface area contributed by atoms with E-state index in [0.29, 0.717) is 17.3 Å². The number of nitrogens with zero attached hydrogens (tertiary/aromatic N) is 4. The topological polar surface area (TPSA) is 61.9 Å². The van der Waals surface area contributed by atoms with Gasteiger partial charge in [-0.15, -0.1) is 0 Å². The molecule has 1 aliphatic rings. The van der Waals surface area contributed by atoms with Crippen molar-refractivity contribution in [2.45, 2.75) is 32.6 Å². The Morgan fingerprint density at radius 1 is 1.31 bits per heavy atom. The first-order valence-corrected chi connectivity index (χ1v) is 10.5. The first kappa shape index (κ1) is 19.5. The summed E-state index contributed by atoms with van der Waals surface area (Å²) in [4.78, 5) is 14.8. The summed E-state index contributed by atoms with van der Waals surface area (Å²) in [7, 11) is 1.84. The third kappa shape index (κ3) is 3.49. The molecule has 5 nitrogen and oxygen atoms in total. The molecular formula is C23H19IN4O. The van der Waals surface area contributed by atoms with Crippen LogP contribution in [0, 0.1) is 33.7 Å². The Balaban J connectivity index is 2.02. The smallest absolute Gasteiger partial charge is 0.266 e. The average molecular weight is 494 g/mol. The van der Waals surface area contributed by atoms with Crippen LogP contribution in [0.15, 0.2) is 30.3 Å². The summed E-state index contributed by atoms with van der Waals surface area (Å²) < 4.78 is 2.92. The Morgan fingerprint density at radius 2 is 2.07 bits per heavy atom. The zero-order valence-electron chi connectivity index (χ0n) is 16.5. The maximum Gasteiger partial charge on any atom is 0.308 e. The van der Waals surface area contributed by atoms with Crippen LogP contribution in [0.1, 0.15) is 42.4 Å². The van der Waals surface area contributed by atoms with Crippen molar-refractivity contribution in [3.8, 4) is 17.9 Å². The molecule has 1 aliphatic carbocycles. The molecule has 29 heavy (non-hydrogen) atoms. The summed E-state index contributed by atoms with van der Waals surface area (Å²) in [5.74, 6) is 6.05. The predicted molar refractivity (Wildman–Crippen MR) is 122 cm³/mol. The number of fused-ring (bicyclic) bond motifs is 1. The van der Waals surface area contributed by atoms with Gasteiger partial charge >= 0.3 is 5.91 Å². The lowest BCUT2D eigenvalue weighted by molar-refractivity contribution is -0.112. The second-order valence-electron chi connectivity index (χ2n) is 7.24. The lowest BCUT2D eigenvalue weighted by Gasteiger charge is -2.23. The minimum atomic E-state index is -0.322. The van der Waals surface area contributed by atoms with Crippen LogP contribution >= 0.6 is 22.6 Å². The van der Waals surface area contributed by atoms with Crippen LogP contribution in [0.3, 0.4) is 0 Å². The van der Waals surface area contributed by atoms with E-state index in [2.05, 4.69) is 57.7 Å². The van der Waals surface area contributed by atoms with Crippen molar-refractivity contribution in [1.29, 1.82) is 5.26 Å². The fourth-order valence-corrected chi connectivity index (χ4v) is 4.05. The standard InChI is InChI=1S/C23H19IN4O/c1-4-5-22(29)28(21-10-14(2)19(24)12-17(21)16-7-8-16)23-18-11-15(13-25)6-9-20(18)27(3)26-23/h6,9-12,16H,7-8H2,1-3H3. The van der Waals surface area contributed by atoms with E-state index in [1.54, 1.807) is 28.6 Å². The fraction of sp³-hybridized carbons (Fsp3) is 0.261. The number of carbonyl (C=O) groups excluding carboxylic acids is 1. The average Bonchev–Trinajstić information content (AvgIpc) is 3.50. The summed E-state index contributed by atoms with van der Waals surface area (Å²) >= 11 is 2.34. The molecule has 0 N–H and O–H groups in total. The second kappa shape index (κ2) is 7.53. The quantitative estimate of drug-likeness (QED) is 0.384. The Labute approximate surface area is 183 Å². The highest BCUT2D eigenvalue weighted by Crippen LogP contribution is 2.47. The molecule has 0 saturated heterocycles. The SMILES string of the molecule is CC#CC(=O)N(c1cc(C)c(I)cc1C1CC1)c1nn(C)c2ccc(C#N)cc12. The molecule has 1 heterocycles. The maximum atomic E-state index is 13.2. The van der Waals surface area contributed by atoms with Crippen LogP contribution in [-0.2, 0) is 11.8 Å². The lowest BCUT2D eigenvalue weighted by Crippen LogP contribution is -2.26. The number of hydrogen-bond donors (Lipinski definition) is 0. The molecule has 0 aliphatic heterocycles. The largest absolute Gasteiger partial charge is 0.308 e. The first-order valence-electron chi connectivity index (χ1n) is 9.38. The minimum Gasteiger partial charge on any atom is -0.266 e. The number of aryl methyl sites for hydroxylation is 2. The molecular weight excluding hydrogens is 475 g/mol. The van der Waals surface area contributed by atoms with Gasteiger partial charge in [0.2, 0.25) is 0 Å². The van der Waals surface area contributed by atoms with Gasteiger partial charge in [0.1, 0.15) is 0 Å². The van der Waals surface area contributed by atoms with Gasteiger partial charge in [0.15, 0.2) is 5.82 Å². The second-order valence-corrected chi connectivity index (χ2v) is 8.40. The number of benzene rings is 2. The van der Waals surface area contributed by atoms with E-state index in [0.717, 1.165) is 40.6 Å². The Morgan fingerprint density at radius 3 is 2.72 bits per heavy atom. The van der Waals surface area contributed by atoms with Gasteiger partial charge in [0.25, 0.3) is 0 Å². The third-order valence-electron chi connectivity index (χ3n) is 5.17. The van der Waals surface area contributed by atoms with Gasteiger partial charge in [-0.2, -0.15) is 10.4 Å². The van der Waals surface area contributed by atoms with Crippen molar-refractivity contribution in [2.24, 2.45) is 7.05 Å². The summed E-state index contributed by atoms with van der Waals surface area (Å²) in [6.45, 7) is 3.70. The van der Waals surface area contributed by atoms with Crippen LogP contribution in [0.2, 0.25) is 0 Å². The lowest BCUT2D eigenvalue weighted by atomic mass is 10.0. The van der Waals surface area contributed by atoms with Gasteiger partial charge < -0.3 is 0 Å². The maximum absolute atomic E-state index is 13.2. The Bertz CT molecular complexity index is 1250. The number of nitriles is 1. The van der Waals surface area contributed by atoms with Gasteiger partial charge in [-0.1, -0.05) is 5.92 Å². The number of hydrogen-bond acceptors (Lipinski definition) is 3. The van der Waals surface area contributed by atoms with Crippen molar-refractivity contribution >= 4 is 50.9 Å². The van der Waals surface area contributed by atoms with Gasteiger partial charge in [-0.25, -0.2) is 0 Å². The number of rotatable bonds is 3. The molecule has 1 saturated carbocycles. The van der Waals surface area contributed by atoms with E-state index in [9.17, 15) is 10.1 Å². The molecule has 2 aromatic carbocycles. The zero-order chi connectivity index (χ0) is 20.7. The molecule has 3 aromatic rings. The van der Waals surface area contributed by atoms with E-state index in [-0.39, 0.29) is 5.91 Å². The van der Waals surface area contributed by atoms with Gasteiger partial charge in [-0.05, 0) is 103 Å². The molecule has 1 amide bonds. The van der Waals surface area contributed by atoms with E-state index in [1.165, 1.54) is 3.57 Å². The summed E-state index contributed by atoms with van der Waals surface area (Å²) in [5, 5.41) is 14.8. The number of halogens is 1. The summed E-state index contributed by atoms with van der Waals surface area (Å²) in [6.07, 6.45) is 2.24. The molecule has 0 atom stereocenters. The number of anilines is 2. The van der Waals surface area contributed by atoms with Gasteiger partial charge in [0.05, 0.1) is 22.8 Å². The highest BCUT2D eigenvalue weighted by atomic mass is 127. The van der Waals surface area contributed by atoms with Crippen molar-refractivity contribution in [3.05, 3.63) is 50.6 Å². The number of amides is 1. The van der Waals surface area contributed by atoms with Gasteiger partial charge in [0, 0.05) is 16.0 Å². The van der Waals surface area contributed by atoms with Crippen LogP contribution in [0.5, 0.6) is 0 Å². The van der Waals surface area contributed by atoms with Crippen molar-refractivity contribution < 1.29 is 4.79 Å². The van der Waals surface area contributed by atoms with Crippen molar-refractivity contribution in [3.63, 3.8) is 0 Å². The Hall–Kier alpha value is -2.84. The van der Waals surface area contributed by atoms with Crippen molar-refractivity contribution in [2.75, 3.05) is 4.90 Å². The molecule has 0 radical (unpaired) electrons. The fourth-order valence-electron chi connectivity index (χ4n) is 3.56. The minimum absolute atomic E-state index is 0.322. The molecule has 4 rings (SSSR count). The van der Waals surface area contributed by atoms with Crippen molar-refractivity contribution in [1.82, 2.24) is 9.78 Å². The summed E-state index contributed by atoms with van der Waals surface area (Å²) in [6, 6.07) is 11.8. The van der Waals surface area contributed by atoms with Crippen LogP contribution in [0.25, 0.3) is 10.9 Å². The molecule has 0 spiro atoms. The van der Waals surface area contributed by atoms with Gasteiger partial charge in [-0.3, -0.25) is 14.4 Å². The number of carbonyl (C=O) groups is 1. The zero-order valence-corrected chi connectivity index (χ0v) is 18.6. The van der Waals surface area contributed by atoms with E-state index in [4.69, 9.17) is 0 Å². The molecule has 0 unspecified atom stereocenters. The highest BCUT2D eigenvalue weighted by Gasteiger charge is 2.32. The Kier molecular flexibility index (Phi) is 5.06. The van der Waals surface area contributed by atoms with E-state index < -0.39 is 0 Å². The third-order valence-corrected chi connectivity index (χ3v) is 6.33. The van der Waals surface area contributed by atoms with E-state index >= 15 is 0 Å². The molecule has 1 aromatic heterocycles. The molecule has 0 bridgehead atoms. The van der Waals surface area contributed by atoms with Crippen LogP contribution in [0.4, 0.5) is 11.5 Å². The molecule has 6 heteroatoms. The monoisotopic (exact) mass is 494 g/mol. The highest BCUT2D eigenvalue weighted by molar-refractivity contribution is 14.1. The molecule has 144 valence electrons. The summed E-state index contributed by atoms with van der Waals surface area (Å²) in [5.41, 5.74) is 4.48.